The van der Waals surface area contributed by atoms with Gasteiger partial charge in [-0.2, -0.15) is 0 Å². The van der Waals surface area contributed by atoms with Crippen LogP contribution in [0.5, 0.6) is 5.75 Å². The summed E-state index contributed by atoms with van der Waals surface area (Å²) < 4.78 is 5.59. The van der Waals surface area contributed by atoms with Crippen molar-refractivity contribution >= 4 is 17.2 Å². The Balaban J connectivity index is 1.75. The fourth-order valence-electron chi connectivity index (χ4n) is 1.80. The summed E-state index contributed by atoms with van der Waals surface area (Å²) in [6.45, 7) is 5.39. The van der Waals surface area contributed by atoms with Crippen molar-refractivity contribution in [2.45, 2.75) is 33.3 Å². The van der Waals surface area contributed by atoms with Gasteiger partial charge in [-0.1, -0.05) is 13.8 Å². The lowest BCUT2D eigenvalue weighted by Crippen LogP contribution is -2.27. The van der Waals surface area contributed by atoms with Crippen LogP contribution in [-0.4, -0.2) is 22.4 Å². The van der Waals surface area contributed by atoms with Gasteiger partial charge in [-0.15, -0.1) is 11.3 Å². The number of rotatable bonds is 8. The third-order valence-corrected chi connectivity index (χ3v) is 3.85. The van der Waals surface area contributed by atoms with E-state index in [1.807, 2.05) is 17.5 Å². The van der Waals surface area contributed by atoms with Crippen molar-refractivity contribution in [1.82, 2.24) is 15.3 Å². The van der Waals surface area contributed by atoms with Crippen molar-refractivity contribution in [3.63, 3.8) is 0 Å². The second-order valence-electron chi connectivity index (χ2n) is 5.42. The first-order valence-electron chi connectivity index (χ1n) is 7.36. The number of aromatic nitrogens is 2. The van der Waals surface area contributed by atoms with Crippen LogP contribution in [0.25, 0.3) is 0 Å². The lowest BCUT2D eigenvalue weighted by molar-refractivity contribution is -0.120. The lowest BCUT2D eigenvalue weighted by atomic mass is 10.1. The van der Waals surface area contributed by atoms with Crippen LogP contribution in [0.1, 0.15) is 31.0 Å². The second kappa shape index (κ2) is 8.48. The summed E-state index contributed by atoms with van der Waals surface area (Å²) in [5, 5.41) is 5.68. The fraction of sp³-hybridized carbons (Fsp3) is 0.438. The Hall–Kier alpha value is -1.95. The predicted molar refractivity (Wildman–Crippen MR) is 86.9 cm³/mol. The zero-order valence-electron chi connectivity index (χ0n) is 12.9. The molecule has 2 aromatic rings. The highest BCUT2D eigenvalue weighted by atomic mass is 32.1. The Labute approximate surface area is 134 Å². The zero-order valence-corrected chi connectivity index (χ0v) is 13.7. The van der Waals surface area contributed by atoms with Gasteiger partial charge in [0.2, 0.25) is 5.91 Å². The zero-order chi connectivity index (χ0) is 15.8. The molecule has 118 valence electrons. The number of carbonyl (C=O) groups is 1. The molecule has 0 spiro atoms. The van der Waals surface area contributed by atoms with E-state index >= 15 is 0 Å². The smallest absolute Gasteiger partial charge is 0.226 e. The largest absolute Gasteiger partial charge is 0.485 e. The molecule has 0 aromatic carbocycles. The highest BCUT2D eigenvalue weighted by molar-refractivity contribution is 7.09. The van der Waals surface area contributed by atoms with Crippen LogP contribution < -0.4 is 10.1 Å². The lowest BCUT2D eigenvalue weighted by Gasteiger charge is -2.06. The highest BCUT2D eigenvalue weighted by Crippen LogP contribution is 2.14. The van der Waals surface area contributed by atoms with E-state index < -0.39 is 0 Å². The molecule has 5 nitrogen and oxygen atoms in total. The van der Waals surface area contributed by atoms with Gasteiger partial charge in [0.15, 0.2) is 0 Å². The third-order valence-electron chi connectivity index (χ3n) is 2.98. The van der Waals surface area contributed by atoms with Crippen molar-refractivity contribution in [3.05, 3.63) is 40.6 Å². The average Bonchev–Trinajstić information content (AvgIpc) is 2.93. The summed E-state index contributed by atoms with van der Waals surface area (Å²) >= 11 is 1.50. The summed E-state index contributed by atoms with van der Waals surface area (Å²) in [4.78, 5) is 20.2. The van der Waals surface area contributed by atoms with E-state index in [9.17, 15) is 4.79 Å². The molecule has 1 N–H and O–H groups in total. The van der Waals surface area contributed by atoms with Gasteiger partial charge in [0, 0.05) is 18.1 Å². The fourth-order valence-corrected chi connectivity index (χ4v) is 2.51. The highest BCUT2D eigenvalue weighted by Gasteiger charge is 2.08. The van der Waals surface area contributed by atoms with E-state index in [0.717, 1.165) is 23.7 Å². The van der Waals surface area contributed by atoms with Crippen LogP contribution in [0, 0.1) is 5.92 Å². The number of ether oxygens (including phenoxy) is 1. The standard InChI is InChI=1S/C16H21N3O2S/c1-12(2)5-7-18-15(20)8-13-11-22-16(19-13)10-21-14-4-3-6-17-9-14/h3-4,6,9,11-12H,5,7-8,10H2,1-2H3,(H,18,20). The van der Waals surface area contributed by atoms with Crippen molar-refractivity contribution in [1.29, 1.82) is 0 Å². The van der Waals surface area contributed by atoms with Crippen LogP contribution in [0.3, 0.4) is 0 Å². The molecule has 6 heteroatoms. The van der Waals surface area contributed by atoms with Gasteiger partial charge in [-0.25, -0.2) is 4.98 Å². The number of carbonyl (C=O) groups excluding carboxylic acids is 1. The van der Waals surface area contributed by atoms with E-state index in [1.54, 1.807) is 12.4 Å². The maximum atomic E-state index is 11.8. The van der Waals surface area contributed by atoms with Gasteiger partial charge in [-0.05, 0) is 24.5 Å². The number of pyridine rings is 1. The van der Waals surface area contributed by atoms with Crippen molar-refractivity contribution < 1.29 is 9.53 Å². The Morgan fingerprint density at radius 1 is 1.45 bits per heavy atom. The number of hydrogen-bond acceptors (Lipinski definition) is 5. The first-order valence-corrected chi connectivity index (χ1v) is 8.24. The Kier molecular flexibility index (Phi) is 6.33. The molecule has 0 saturated carbocycles. The number of amides is 1. The maximum absolute atomic E-state index is 11.8. The van der Waals surface area contributed by atoms with E-state index in [0.29, 0.717) is 24.7 Å². The van der Waals surface area contributed by atoms with Crippen molar-refractivity contribution in [2.24, 2.45) is 5.92 Å². The van der Waals surface area contributed by atoms with Crippen LogP contribution in [0.15, 0.2) is 29.9 Å². The minimum absolute atomic E-state index is 0.0191. The van der Waals surface area contributed by atoms with Gasteiger partial charge < -0.3 is 10.1 Å². The molecule has 2 aromatic heterocycles. The molecule has 0 radical (unpaired) electrons. The molecule has 0 bridgehead atoms. The number of hydrogen-bond donors (Lipinski definition) is 1. The minimum Gasteiger partial charge on any atom is -0.485 e. The van der Waals surface area contributed by atoms with Gasteiger partial charge in [0.05, 0.1) is 18.3 Å². The van der Waals surface area contributed by atoms with Crippen LogP contribution >= 0.6 is 11.3 Å². The van der Waals surface area contributed by atoms with Crippen LogP contribution in [0.2, 0.25) is 0 Å². The topological polar surface area (TPSA) is 64.1 Å². The predicted octanol–water partition coefficient (Wildman–Crippen LogP) is 2.82. The van der Waals surface area contributed by atoms with Crippen LogP contribution in [-0.2, 0) is 17.8 Å². The summed E-state index contributed by atoms with van der Waals surface area (Å²) in [7, 11) is 0. The van der Waals surface area contributed by atoms with E-state index in [1.165, 1.54) is 11.3 Å². The molecular formula is C16H21N3O2S. The van der Waals surface area contributed by atoms with Gasteiger partial charge in [0.1, 0.15) is 17.4 Å². The first-order chi connectivity index (χ1) is 10.6. The van der Waals surface area contributed by atoms with Gasteiger partial charge >= 0.3 is 0 Å². The second-order valence-corrected chi connectivity index (χ2v) is 6.36. The SMILES string of the molecule is CC(C)CCNC(=O)Cc1csc(COc2cccnc2)n1. The van der Waals surface area contributed by atoms with E-state index in [2.05, 4.69) is 29.1 Å². The molecule has 0 aliphatic carbocycles. The monoisotopic (exact) mass is 319 g/mol. The molecule has 2 heterocycles. The molecule has 0 atom stereocenters. The third kappa shape index (κ3) is 5.81. The van der Waals surface area contributed by atoms with Crippen molar-refractivity contribution in [2.75, 3.05) is 6.54 Å². The molecule has 0 aliphatic heterocycles. The molecule has 0 aliphatic rings. The summed E-state index contributed by atoms with van der Waals surface area (Å²) in [6.07, 6.45) is 4.68. The van der Waals surface area contributed by atoms with Gasteiger partial charge in [0.25, 0.3) is 0 Å². The Bertz CT molecular complexity index is 584. The molecule has 0 unspecified atom stereocenters. The van der Waals surface area contributed by atoms with Crippen LogP contribution in [0.4, 0.5) is 0 Å². The molecule has 0 saturated heterocycles. The molecule has 0 fully saturated rings. The van der Waals surface area contributed by atoms with E-state index in [4.69, 9.17) is 4.74 Å². The van der Waals surface area contributed by atoms with Crippen molar-refractivity contribution in [3.8, 4) is 5.75 Å². The number of nitrogens with one attached hydrogen (secondary N) is 1. The Morgan fingerprint density at radius 3 is 3.05 bits per heavy atom. The minimum atomic E-state index is 0.0191. The average molecular weight is 319 g/mol. The molecular weight excluding hydrogens is 298 g/mol. The number of nitrogens with zero attached hydrogens (tertiary/aromatic N) is 2. The summed E-state index contributed by atoms with van der Waals surface area (Å²) in [6, 6.07) is 3.67. The van der Waals surface area contributed by atoms with E-state index in [-0.39, 0.29) is 5.91 Å². The molecule has 2 rings (SSSR count). The number of thiazole rings is 1. The Morgan fingerprint density at radius 2 is 2.32 bits per heavy atom. The summed E-state index contributed by atoms with van der Waals surface area (Å²) in [5.74, 6) is 1.33. The first kappa shape index (κ1) is 16.4. The maximum Gasteiger partial charge on any atom is 0.226 e. The molecule has 22 heavy (non-hydrogen) atoms. The molecule has 1 amide bonds. The van der Waals surface area contributed by atoms with Gasteiger partial charge in [-0.3, -0.25) is 9.78 Å². The summed E-state index contributed by atoms with van der Waals surface area (Å²) in [5.41, 5.74) is 0.789. The quantitative estimate of drug-likeness (QED) is 0.812. The normalized spacial score (nSPS) is 10.7.